The van der Waals surface area contributed by atoms with Crippen molar-refractivity contribution in [3.8, 4) is 17.0 Å². The lowest BCUT2D eigenvalue weighted by Crippen LogP contribution is -2.11. The molecule has 1 aromatic heterocycles. The summed E-state index contributed by atoms with van der Waals surface area (Å²) in [7, 11) is 1.70. The maximum Gasteiger partial charge on any atom is 0.128 e. The summed E-state index contributed by atoms with van der Waals surface area (Å²) in [6.07, 6.45) is 1.89. The summed E-state index contributed by atoms with van der Waals surface area (Å²) in [6.45, 7) is 8.67. The van der Waals surface area contributed by atoms with Crippen LogP contribution in [-0.2, 0) is 5.41 Å². The van der Waals surface area contributed by atoms with Crippen LogP contribution in [0.15, 0.2) is 36.5 Å². The zero-order chi connectivity index (χ0) is 14.0. The van der Waals surface area contributed by atoms with Crippen LogP contribution < -0.4 is 4.74 Å². The van der Waals surface area contributed by atoms with Gasteiger partial charge in [-0.25, -0.2) is 0 Å². The molecule has 1 heterocycles. The van der Waals surface area contributed by atoms with Crippen LogP contribution in [0.4, 0.5) is 0 Å². The third-order valence-electron chi connectivity index (χ3n) is 3.25. The number of aryl methyl sites for hydroxylation is 1. The van der Waals surface area contributed by atoms with Crippen LogP contribution in [0.25, 0.3) is 11.3 Å². The SMILES string of the molecule is COc1ccc(C(C)(C)C)cc1-c1ccc(C)cn1. The van der Waals surface area contributed by atoms with E-state index in [-0.39, 0.29) is 5.41 Å². The van der Waals surface area contributed by atoms with Crippen molar-refractivity contribution in [1.82, 2.24) is 4.98 Å². The van der Waals surface area contributed by atoms with E-state index in [0.717, 1.165) is 22.6 Å². The Bertz CT molecular complexity index is 565. The molecule has 0 unspecified atom stereocenters. The van der Waals surface area contributed by atoms with Gasteiger partial charge in [0.1, 0.15) is 5.75 Å². The van der Waals surface area contributed by atoms with Crippen molar-refractivity contribution in [1.29, 1.82) is 0 Å². The van der Waals surface area contributed by atoms with Crippen LogP contribution in [0.2, 0.25) is 0 Å². The van der Waals surface area contributed by atoms with E-state index in [2.05, 4.69) is 44.0 Å². The summed E-state index contributed by atoms with van der Waals surface area (Å²) in [6, 6.07) is 10.4. The van der Waals surface area contributed by atoms with Crippen molar-refractivity contribution < 1.29 is 4.74 Å². The molecule has 0 N–H and O–H groups in total. The Labute approximate surface area is 115 Å². The van der Waals surface area contributed by atoms with Crippen molar-refractivity contribution in [2.45, 2.75) is 33.1 Å². The zero-order valence-corrected chi connectivity index (χ0v) is 12.3. The van der Waals surface area contributed by atoms with Crippen LogP contribution >= 0.6 is 0 Å². The lowest BCUT2D eigenvalue weighted by atomic mass is 9.85. The summed E-state index contributed by atoms with van der Waals surface area (Å²) < 4.78 is 5.46. The standard InChI is InChI=1S/C17H21NO/c1-12-6-8-15(18-11-12)14-10-13(17(2,3)4)7-9-16(14)19-5/h6-11H,1-5H3. The minimum Gasteiger partial charge on any atom is -0.496 e. The Morgan fingerprint density at radius 1 is 1.05 bits per heavy atom. The number of benzene rings is 1. The minimum absolute atomic E-state index is 0.117. The summed E-state index contributed by atoms with van der Waals surface area (Å²) in [5.41, 5.74) is 4.56. The fourth-order valence-electron chi connectivity index (χ4n) is 2.00. The van der Waals surface area contributed by atoms with Gasteiger partial charge in [0, 0.05) is 11.8 Å². The molecule has 2 nitrogen and oxygen atoms in total. The Morgan fingerprint density at radius 2 is 1.79 bits per heavy atom. The number of ether oxygens (including phenoxy) is 1. The predicted molar refractivity (Wildman–Crippen MR) is 79.7 cm³/mol. The second kappa shape index (κ2) is 5.04. The third kappa shape index (κ3) is 2.95. The highest BCUT2D eigenvalue weighted by molar-refractivity contribution is 5.68. The van der Waals surface area contributed by atoms with E-state index < -0.39 is 0 Å². The van der Waals surface area contributed by atoms with E-state index in [1.165, 1.54) is 5.56 Å². The van der Waals surface area contributed by atoms with Gasteiger partial charge in [-0.3, -0.25) is 4.98 Å². The van der Waals surface area contributed by atoms with E-state index in [1.54, 1.807) is 7.11 Å². The molecule has 0 aliphatic rings. The lowest BCUT2D eigenvalue weighted by molar-refractivity contribution is 0.415. The highest BCUT2D eigenvalue weighted by Crippen LogP contribution is 2.33. The lowest BCUT2D eigenvalue weighted by Gasteiger charge is -2.21. The van der Waals surface area contributed by atoms with Crippen molar-refractivity contribution in [3.05, 3.63) is 47.7 Å². The number of aromatic nitrogens is 1. The van der Waals surface area contributed by atoms with Gasteiger partial charge in [-0.2, -0.15) is 0 Å². The van der Waals surface area contributed by atoms with Crippen LogP contribution in [-0.4, -0.2) is 12.1 Å². The molecule has 0 saturated carbocycles. The highest BCUT2D eigenvalue weighted by Gasteiger charge is 2.17. The first-order chi connectivity index (χ1) is 8.91. The molecule has 2 rings (SSSR count). The van der Waals surface area contributed by atoms with Gasteiger partial charge in [0.15, 0.2) is 0 Å². The molecule has 0 atom stereocenters. The van der Waals surface area contributed by atoms with Gasteiger partial charge in [0.25, 0.3) is 0 Å². The van der Waals surface area contributed by atoms with Gasteiger partial charge < -0.3 is 4.74 Å². The van der Waals surface area contributed by atoms with Crippen LogP contribution in [0.5, 0.6) is 5.75 Å². The van der Waals surface area contributed by atoms with E-state index in [4.69, 9.17) is 4.74 Å². The van der Waals surface area contributed by atoms with Gasteiger partial charge in [0.2, 0.25) is 0 Å². The normalized spacial score (nSPS) is 11.4. The number of nitrogens with zero attached hydrogens (tertiary/aromatic N) is 1. The number of methoxy groups -OCH3 is 1. The molecule has 0 aliphatic carbocycles. The predicted octanol–water partition coefficient (Wildman–Crippen LogP) is 4.36. The molecule has 0 saturated heterocycles. The third-order valence-corrected chi connectivity index (χ3v) is 3.25. The molecule has 2 aromatic rings. The average Bonchev–Trinajstić information content (AvgIpc) is 2.38. The van der Waals surface area contributed by atoms with E-state index in [9.17, 15) is 0 Å². The largest absolute Gasteiger partial charge is 0.496 e. The first-order valence-electron chi connectivity index (χ1n) is 6.53. The maximum absolute atomic E-state index is 5.46. The fourth-order valence-corrected chi connectivity index (χ4v) is 2.00. The molecular formula is C17H21NO. The Balaban J connectivity index is 2.56. The summed E-state index contributed by atoms with van der Waals surface area (Å²) in [5.74, 6) is 0.865. The highest BCUT2D eigenvalue weighted by atomic mass is 16.5. The first kappa shape index (κ1) is 13.6. The molecule has 0 spiro atoms. The molecule has 0 aliphatic heterocycles. The molecule has 1 aromatic carbocycles. The second-order valence-electron chi connectivity index (χ2n) is 5.89. The zero-order valence-electron chi connectivity index (χ0n) is 12.3. The van der Waals surface area contributed by atoms with Crippen LogP contribution in [0.3, 0.4) is 0 Å². The number of hydrogen-bond donors (Lipinski definition) is 0. The van der Waals surface area contributed by atoms with Gasteiger partial charge in [-0.15, -0.1) is 0 Å². The average molecular weight is 255 g/mol. The smallest absolute Gasteiger partial charge is 0.128 e. The molecule has 0 fully saturated rings. The van der Waals surface area contributed by atoms with Crippen molar-refractivity contribution in [2.24, 2.45) is 0 Å². The monoisotopic (exact) mass is 255 g/mol. The number of rotatable bonds is 2. The molecule has 0 radical (unpaired) electrons. The molecule has 0 bridgehead atoms. The Morgan fingerprint density at radius 3 is 2.32 bits per heavy atom. The van der Waals surface area contributed by atoms with E-state index in [0.29, 0.717) is 0 Å². The van der Waals surface area contributed by atoms with E-state index in [1.807, 2.05) is 25.3 Å². The molecule has 2 heteroatoms. The minimum atomic E-state index is 0.117. The number of pyridine rings is 1. The Hall–Kier alpha value is -1.83. The molecule has 19 heavy (non-hydrogen) atoms. The molecule has 100 valence electrons. The van der Waals surface area contributed by atoms with Gasteiger partial charge in [-0.1, -0.05) is 32.9 Å². The summed E-state index contributed by atoms with van der Waals surface area (Å²) in [4.78, 5) is 4.50. The van der Waals surface area contributed by atoms with Crippen molar-refractivity contribution in [3.63, 3.8) is 0 Å². The quantitative estimate of drug-likeness (QED) is 0.795. The summed E-state index contributed by atoms with van der Waals surface area (Å²) >= 11 is 0. The van der Waals surface area contributed by atoms with Gasteiger partial charge in [-0.05, 0) is 41.7 Å². The molecule has 0 amide bonds. The fraction of sp³-hybridized carbons (Fsp3) is 0.353. The second-order valence-corrected chi connectivity index (χ2v) is 5.89. The van der Waals surface area contributed by atoms with E-state index >= 15 is 0 Å². The van der Waals surface area contributed by atoms with Crippen LogP contribution in [0, 0.1) is 6.92 Å². The maximum atomic E-state index is 5.46. The van der Waals surface area contributed by atoms with Crippen LogP contribution in [0.1, 0.15) is 31.9 Å². The topological polar surface area (TPSA) is 22.1 Å². The number of hydrogen-bond acceptors (Lipinski definition) is 2. The van der Waals surface area contributed by atoms with Gasteiger partial charge in [0.05, 0.1) is 12.8 Å². The first-order valence-corrected chi connectivity index (χ1v) is 6.53. The van der Waals surface area contributed by atoms with Crippen molar-refractivity contribution in [2.75, 3.05) is 7.11 Å². The Kier molecular flexibility index (Phi) is 3.61. The summed E-state index contributed by atoms with van der Waals surface area (Å²) in [5, 5.41) is 0. The molecular weight excluding hydrogens is 234 g/mol. The van der Waals surface area contributed by atoms with Gasteiger partial charge >= 0.3 is 0 Å². The van der Waals surface area contributed by atoms with Crippen molar-refractivity contribution >= 4 is 0 Å².